The van der Waals surface area contributed by atoms with Crippen molar-refractivity contribution in [2.75, 3.05) is 6.54 Å². The van der Waals surface area contributed by atoms with Crippen molar-refractivity contribution < 1.29 is 14.7 Å². The number of aromatic nitrogens is 1. The molecule has 2 aromatic rings. The molecule has 0 radical (unpaired) electrons. The van der Waals surface area contributed by atoms with Gasteiger partial charge >= 0.3 is 5.97 Å². The standard InChI is InChI=1S/C17H19ClN2O3/c1-10-4-2-3-7-20(10)15(21)9-13-12-8-11(18)5-6-14(12)19-16(13)17(22)23/h5-6,8,10,19H,2-4,7,9H2,1H3,(H,22,23). The van der Waals surface area contributed by atoms with Crippen LogP contribution < -0.4 is 0 Å². The molecule has 122 valence electrons. The van der Waals surface area contributed by atoms with Gasteiger partial charge < -0.3 is 15.0 Å². The molecule has 5 nitrogen and oxygen atoms in total. The minimum Gasteiger partial charge on any atom is -0.477 e. The van der Waals surface area contributed by atoms with E-state index < -0.39 is 5.97 Å². The lowest BCUT2D eigenvalue weighted by atomic mass is 10.0. The summed E-state index contributed by atoms with van der Waals surface area (Å²) in [5.41, 5.74) is 1.26. The summed E-state index contributed by atoms with van der Waals surface area (Å²) in [6.07, 6.45) is 3.21. The van der Waals surface area contributed by atoms with E-state index in [0.717, 1.165) is 25.8 Å². The number of carbonyl (C=O) groups excluding carboxylic acids is 1. The zero-order valence-electron chi connectivity index (χ0n) is 12.9. The molecule has 1 atom stereocenters. The quantitative estimate of drug-likeness (QED) is 0.902. The SMILES string of the molecule is CC1CCCCN1C(=O)Cc1c(C(=O)O)[nH]c2ccc(Cl)cc12. The summed E-state index contributed by atoms with van der Waals surface area (Å²) in [4.78, 5) is 28.9. The van der Waals surface area contributed by atoms with Crippen LogP contribution in [0.3, 0.4) is 0 Å². The Balaban J connectivity index is 1.97. The number of aromatic carboxylic acids is 1. The number of benzene rings is 1. The smallest absolute Gasteiger partial charge is 0.352 e. The van der Waals surface area contributed by atoms with Gasteiger partial charge in [0.1, 0.15) is 5.69 Å². The van der Waals surface area contributed by atoms with Crippen molar-refractivity contribution >= 4 is 34.4 Å². The Morgan fingerprint density at radius 1 is 1.39 bits per heavy atom. The Bertz CT molecular complexity index is 769. The minimum atomic E-state index is -1.06. The Morgan fingerprint density at radius 3 is 2.87 bits per heavy atom. The normalized spacial score (nSPS) is 18.3. The van der Waals surface area contributed by atoms with E-state index in [1.807, 2.05) is 11.8 Å². The molecule has 1 saturated heterocycles. The molecule has 23 heavy (non-hydrogen) atoms. The first-order chi connectivity index (χ1) is 11.0. The van der Waals surface area contributed by atoms with Crippen molar-refractivity contribution in [1.29, 1.82) is 0 Å². The second kappa shape index (κ2) is 6.24. The Kier molecular flexibility index (Phi) is 4.31. The molecular formula is C17H19ClN2O3. The topological polar surface area (TPSA) is 73.4 Å². The molecule has 3 rings (SSSR count). The number of hydrogen-bond donors (Lipinski definition) is 2. The van der Waals surface area contributed by atoms with E-state index in [1.165, 1.54) is 0 Å². The van der Waals surface area contributed by atoms with Gasteiger partial charge in [0.2, 0.25) is 5.91 Å². The monoisotopic (exact) mass is 334 g/mol. The van der Waals surface area contributed by atoms with Crippen molar-refractivity contribution in [1.82, 2.24) is 9.88 Å². The molecule has 1 amide bonds. The van der Waals surface area contributed by atoms with Crippen LogP contribution in [0.25, 0.3) is 10.9 Å². The lowest BCUT2D eigenvalue weighted by Gasteiger charge is -2.33. The zero-order chi connectivity index (χ0) is 16.6. The third-order valence-electron chi connectivity index (χ3n) is 4.53. The highest BCUT2D eigenvalue weighted by molar-refractivity contribution is 6.31. The fourth-order valence-electron chi connectivity index (χ4n) is 3.31. The lowest BCUT2D eigenvalue weighted by Crippen LogP contribution is -2.42. The van der Waals surface area contributed by atoms with Gasteiger partial charge in [0, 0.05) is 34.1 Å². The predicted octanol–water partition coefficient (Wildman–Crippen LogP) is 3.46. The van der Waals surface area contributed by atoms with Crippen molar-refractivity contribution in [3.63, 3.8) is 0 Å². The number of halogens is 1. The lowest BCUT2D eigenvalue weighted by molar-refractivity contribution is -0.133. The molecule has 2 N–H and O–H groups in total. The number of piperidine rings is 1. The number of rotatable bonds is 3. The molecule has 1 fully saturated rings. The molecule has 1 aromatic carbocycles. The fourth-order valence-corrected chi connectivity index (χ4v) is 3.48. The van der Waals surface area contributed by atoms with Gasteiger partial charge in [-0.3, -0.25) is 4.79 Å². The predicted molar refractivity (Wildman–Crippen MR) is 89.0 cm³/mol. The van der Waals surface area contributed by atoms with E-state index in [0.29, 0.717) is 21.5 Å². The van der Waals surface area contributed by atoms with Gasteiger partial charge in [0.15, 0.2) is 0 Å². The van der Waals surface area contributed by atoms with E-state index in [-0.39, 0.29) is 24.1 Å². The van der Waals surface area contributed by atoms with Crippen LogP contribution >= 0.6 is 11.6 Å². The number of H-pyrrole nitrogens is 1. The van der Waals surface area contributed by atoms with Crippen molar-refractivity contribution in [2.24, 2.45) is 0 Å². The van der Waals surface area contributed by atoms with E-state index in [9.17, 15) is 14.7 Å². The summed E-state index contributed by atoms with van der Waals surface area (Å²) in [5.74, 6) is -1.09. The molecule has 1 aromatic heterocycles. The number of nitrogens with one attached hydrogen (secondary N) is 1. The number of hydrogen-bond acceptors (Lipinski definition) is 2. The number of aromatic amines is 1. The van der Waals surface area contributed by atoms with Gasteiger partial charge in [0.05, 0.1) is 6.42 Å². The van der Waals surface area contributed by atoms with Gasteiger partial charge in [-0.2, -0.15) is 0 Å². The van der Waals surface area contributed by atoms with E-state index in [4.69, 9.17) is 11.6 Å². The van der Waals surface area contributed by atoms with Crippen LogP contribution in [0.2, 0.25) is 5.02 Å². The van der Waals surface area contributed by atoms with Crippen LogP contribution in [0.5, 0.6) is 0 Å². The maximum absolute atomic E-state index is 12.7. The van der Waals surface area contributed by atoms with Crippen LogP contribution in [-0.4, -0.2) is 39.5 Å². The second-order valence-corrected chi connectivity index (χ2v) is 6.52. The number of fused-ring (bicyclic) bond motifs is 1. The fraction of sp³-hybridized carbons (Fsp3) is 0.412. The number of carbonyl (C=O) groups is 2. The highest BCUT2D eigenvalue weighted by Crippen LogP contribution is 2.27. The largest absolute Gasteiger partial charge is 0.477 e. The summed E-state index contributed by atoms with van der Waals surface area (Å²) >= 11 is 6.03. The van der Waals surface area contributed by atoms with Crippen molar-refractivity contribution in [2.45, 2.75) is 38.6 Å². The maximum atomic E-state index is 12.7. The van der Waals surface area contributed by atoms with Gasteiger partial charge in [-0.1, -0.05) is 11.6 Å². The Hall–Kier alpha value is -2.01. The molecule has 1 unspecified atom stereocenters. The van der Waals surface area contributed by atoms with Crippen LogP contribution in [0.4, 0.5) is 0 Å². The molecule has 6 heteroatoms. The van der Waals surface area contributed by atoms with E-state index in [2.05, 4.69) is 4.98 Å². The third-order valence-corrected chi connectivity index (χ3v) is 4.77. The maximum Gasteiger partial charge on any atom is 0.352 e. The first-order valence-corrected chi connectivity index (χ1v) is 8.18. The van der Waals surface area contributed by atoms with Crippen LogP contribution in [0.15, 0.2) is 18.2 Å². The number of amides is 1. The number of carboxylic acids is 1. The molecule has 0 aliphatic carbocycles. The third kappa shape index (κ3) is 3.06. The summed E-state index contributed by atoms with van der Waals surface area (Å²) < 4.78 is 0. The van der Waals surface area contributed by atoms with Gasteiger partial charge in [-0.05, 0) is 44.4 Å². The molecule has 0 bridgehead atoms. The molecule has 2 heterocycles. The van der Waals surface area contributed by atoms with Gasteiger partial charge in [-0.25, -0.2) is 4.79 Å². The Labute approximate surface area is 139 Å². The van der Waals surface area contributed by atoms with E-state index in [1.54, 1.807) is 18.2 Å². The molecule has 0 saturated carbocycles. The molecule has 0 spiro atoms. The van der Waals surface area contributed by atoms with Crippen molar-refractivity contribution in [3.05, 3.63) is 34.5 Å². The zero-order valence-corrected chi connectivity index (χ0v) is 13.7. The van der Waals surface area contributed by atoms with Crippen LogP contribution in [-0.2, 0) is 11.2 Å². The number of likely N-dealkylation sites (tertiary alicyclic amines) is 1. The summed E-state index contributed by atoms with van der Waals surface area (Å²) in [6, 6.07) is 5.35. The first kappa shape index (κ1) is 15.9. The molecular weight excluding hydrogens is 316 g/mol. The van der Waals surface area contributed by atoms with Gasteiger partial charge in [0.25, 0.3) is 0 Å². The highest BCUT2D eigenvalue weighted by Gasteiger charge is 2.26. The number of nitrogens with zero attached hydrogens (tertiary/aromatic N) is 1. The van der Waals surface area contributed by atoms with Gasteiger partial charge in [-0.15, -0.1) is 0 Å². The van der Waals surface area contributed by atoms with E-state index >= 15 is 0 Å². The second-order valence-electron chi connectivity index (χ2n) is 6.08. The number of carboxylic acid groups (broad SMARTS) is 1. The highest BCUT2D eigenvalue weighted by atomic mass is 35.5. The summed E-state index contributed by atoms with van der Waals surface area (Å²) in [6.45, 7) is 2.78. The average molecular weight is 335 g/mol. The molecule has 1 aliphatic heterocycles. The molecule has 1 aliphatic rings. The first-order valence-electron chi connectivity index (χ1n) is 7.80. The van der Waals surface area contributed by atoms with Crippen molar-refractivity contribution in [3.8, 4) is 0 Å². The minimum absolute atomic E-state index is 0.0272. The summed E-state index contributed by atoms with van der Waals surface area (Å²) in [7, 11) is 0. The average Bonchev–Trinajstić information content (AvgIpc) is 2.86. The van der Waals surface area contributed by atoms with Crippen LogP contribution in [0.1, 0.15) is 42.2 Å². The van der Waals surface area contributed by atoms with Crippen LogP contribution in [0, 0.1) is 0 Å². The summed E-state index contributed by atoms with van der Waals surface area (Å²) in [5, 5.41) is 10.6. The Morgan fingerprint density at radius 2 is 2.17 bits per heavy atom.